The van der Waals surface area contributed by atoms with E-state index in [1.807, 2.05) is 30.3 Å². The lowest BCUT2D eigenvalue weighted by Crippen LogP contribution is -2.40. The van der Waals surface area contributed by atoms with Crippen molar-refractivity contribution in [2.24, 2.45) is 0 Å². The Morgan fingerprint density at radius 1 is 1.16 bits per heavy atom. The molecule has 1 fully saturated rings. The van der Waals surface area contributed by atoms with Crippen LogP contribution in [0.4, 0.5) is 10.1 Å². The number of carbonyl (C=O) groups is 1. The highest BCUT2D eigenvalue weighted by atomic mass is 32.2. The van der Waals surface area contributed by atoms with Gasteiger partial charge in [-0.2, -0.15) is 4.31 Å². The number of nitrogens with one attached hydrogen (secondary N) is 1. The first-order valence-electron chi connectivity index (χ1n) is 9.58. The Balaban J connectivity index is 1.58. The second kappa shape index (κ2) is 8.83. The summed E-state index contributed by atoms with van der Waals surface area (Å²) < 4.78 is 46.4. The summed E-state index contributed by atoms with van der Waals surface area (Å²) in [5.74, 6) is -1.30. The summed E-state index contributed by atoms with van der Waals surface area (Å²) in [6, 6.07) is 13.0. The van der Waals surface area contributed by atoms with E-state index in [4.69, 9.17) is 4.74 Å². The summed E-state index contributed by atoms with van der Waals surface area (Å²) >= 11 is 1.24. The van der Waals surface area contributed by atoms with Gasteiger partial charge in [-0.3, -0.25) is 4.79 Å². The lowest BCUT2D eigenvalue weighted by molar-refractivity contribution is 0.0729. The molecule has 1 aliphatic rings. The highest BCUT2D eigenvalue weighted by Crippen LogP contribution is 2.29. The second-order valence-electron chi connectivity index (χ2n) is 6.92. The summed E-state index contributed by atoms with van der Waals surface area (Å²) in [6.07, 6.45) is 0. The van der Waals surface area contributed by atoms with Crippen molar-refractivity contribution in [3.8, 4) is 10.6 Å². The molecule has 0 bridgehead atoms. The van der Waals surface area contributed by atoms with Crippen molar-refractivity contribution in [2.75, 3.05) is 31.6 Å². The van der Waals surface area contributed by atoms with E-state index in [2.05, 4.69) is 10.3 Å². The van der Waals surface area contributed by atoms with Crippen LogP contribution in [0.2, 0.25) is 0 Å². The molecule has 2 aromatic carbocycles. The molecule has 3 aromatic rings. The number of sulfonamides is 1. The molecule has 0 unspecified atom stereocenters. The Bertz CT molecular complexity index is 1210. The fourth-order valence-corrected chi connectivity index (χ4v) is 5.67. The van der Waals surface area contributed by atoms with Gasteiger partial charge in [0.2, 0.25) is 10.0 Å². The fourth-order valence-electron chi connectivity index (χ4n) is 3.20. The first-order valence-corrected chi connectivity index (χ1v) is 11.8. The van der Waals surface area contributed by atoms with Crippen LogP contribution in [0.15, 0.2) is 53.4 Å². The van der Waals surface area contributed by atoms with Gasteiger partial charge in [-0.15, -0.1) is 11.3 Å². The van der Waals surface area contributed by atoms with Gasteiger partial charge < -0.3 is 10.1 Å². The van der Waals surface area contributed by atoms with Crippen LogP contribution in [0, 0.1) is 12.7 Å². The number of aryl methyl sites for hydroxylation is 1. The molecule has 4 rings (SSSR count). The molecule has 0 spiro atoms. The van der Waals surface area contributed by atoms with Crippen LogP contribution in [0.25, 0.3) is 10.6 Å². The minimum absolute atomic E-state index is 0.153. The third-order valence-electron chi connectivity index (χ3n) is 4.80. The van der Waals surface area contributed by atoms with Gasteiger partial charge in [0, 0.05) is 24.3 Å². The summed E-state index contributed by atoms with van der Waals surface area (Å²) in [6.45, 7) is 2.55. The molecule has 0 radical (unpaired) electrons. The van der Waals surface area contributed by atoms with Crippen molar-refractivity contribution in [3.63, 3.8) is 0 Å². The number of carbonyl (C=O) groups excluding carboxylic acids is 1. The maximum absolute atomic E-state index is 14.4. The summed E-state index contributed by atoms with van der Waals surface area (Å²) in [5.41, 5.74) is 1.65. The van der Waals surface area contributed by atoms with E-state index in [9.17, 15) is 17.6 Å². The summed E-state index contributed by atoms with van der Waals surface area (Å²) in [7, 11) is -4.04. The Labute approximate surface area is 183 Å². The average Bonchev–Trinajstić information content (AvgIpc) is 3.18. The van der Waals surface area contributed by atoms with Gasteiger partial charge in [-0.25, -0.2) is 17.8 Å². The van der Waals surface area contributed by atoms with Crippen molar-refractivity contribution >= 4 is 33.0 Å². The largest absolute Gasteiger partial charge is 0.379 e. The fraction of sp³-hybridized carbons (Fsp3) is 0.238. The monoisotopic (exact) mass is 461 g/mol. The lowest BCUT2D eigenvalue weighted by atomic mass is 10.2. The highest BCUT2D eigenvalue weighted by Gasteiger charge is 2.29. The predicted molar refractivity (Wildman–Crippen MR) is 116 cm³/mol. The molecule has 1 saturated heterocycles. The molecule has 1 aromatic heterocycles. The van der Waals surface area contributed by atoms with Crippen LogP contribution in [0.5, 0.6) is 0 Å². The Morgan fingerprint density at radius 2 is 1.87 bits per heavy atom. The number of anilines is 1. The van der Waals surface area contributed by atoms with Gasteiger partial charge in [0.15, 0.2) is 0 Å². The zero-order valence-electron chi connectivity index (χ0n) is 16.7. The number of thiazole rings is 1. The van der Waals surface area contributed by atoms with Crippen molar-refractivity contribution < 1.29 is 22.3 Å². The molecule has 2 heterocycles. The molecule has 1 N–H and O–H groups in total. The quantitative estimate of drug-likeness (QED) is 0.628. The predicted octanol–water partition coefficient (Wildman–Crippen LogP) is 3.53. The van der Waals surface area contributed by atoms with E-state index in [0.29, 0.717) is 15.6 Å². The Kier molecular flexibility index (Phi) is 6.15. The van der Waals surface area contributed by atoms with Crippen LogP contribution in [-0.2, 0) is 14.8 Å². The Hall–Kier alpha value is -2.66. The number of rotatable bonds is 5. The maximum atomic E-state index is 14.4. The summed E-state index contributed by atoms with van der Waals surface area (Å²) in [4.78, 5) is 17.2. The van der Waals surface area contributed by atoms with Crippen molar-refractivity contribution in [3.05, 3.63) is 64.9 Å². The molecule has 0 atom stereocenters. The van der Waals surface area contributed by atoms with Gasteiger partial charge in [0.05, 0.1) is 18.9 Å². The van der Waals surface area contributed by atoms with E-state index in [1.165, 1.54) is 21.7 Å². The third kappa shape index (κ3) is 4.52. The molecule has 0 saturated carbocycles. The number of halogens is 1. The molecule has 7 nitrogen and oxygen atoms in total. The van der Waals surface area contributed by atoms with Gasteiger partial charge in [-0.05, 0) is 25.1 Å². The van der Waals surface area contributed by atoms with Crippen LogP contribution in [0.1, 0.15) is 15.4 Å². The van der Waals surface area contributed by atoms with Crippen molar-refractivity contribution in [2.45, 2.75) is 11.8 Å². The van der Waals surface area contributed by atoms with E-state index >= 15 is 0 Å². The van der Waals surface area contributed by atoms with Gasteiger partial charge >= 0.3 is 0 Å². The Morgan fingerprint density at radius 3 is 2.58 bits per heavy atom. The number of morpholine rings is 1. The SMILES string of the molecule is Cc1nc(-c2ccccc2)sc1C(=O)Nc1ccc(F)c(S(=O)(=O)N2CCOCC2)c1. The number of hydrogen-bond acceptors (Lipinski definition) is 6. The molecule has 0 aliphatic carbocycles. The van der Waals surface area contributed by atoms with Crippen LogP contribution in [0.3, 0.4) is 0 Å². The van der Waals surface area contributed by atoms with Gasteiger partial charge in [0.1, 0.15) is 20.6 Å². The smallest absolute Gasteiger partial charge is 0.267 e. The van der Waals surface area contributed by atoms with Crippen LogP contribution < -0.4 is 5.32 Å². The molecular weight excluding hydrogens is 441 g/mol. The van der Waals surface area contributed by atoms with E-state index in [1.54, 1.807) is 6.92 Å². The molecule has 1 aliphatic heterocycles. The summed E-state index contributed by atoms with van der Waals surface area (Å²) in [5, 5.41) is 3.37. The van der Waals surface area contributed by atoms with E-state index in [0.717, 1.165) is 17.7 Å². The van der Waals surface area contributed by atoms with Crippen LogP contribution in [-0.4, -0.2) is 49.9 Å². The number of benzene rings is 2. The van der Waals surface area contributed by atoms with Crippen molar-refractivity contribution in [1.29, 1.82) is 0 Å². The minimum atomic E-state index is -4.04. The number of nitrogens with zero attached hydrogens (tertiary/aromatic N) is 2. The molecule has 31 heavy (non-hydrogen) atoms. The van der Waals surface area contributed by atoms with Crippen LogP contribution >= 0.6 is 11.3 Å². The number of hydrogen-bond donors (Lipinski definition) is 1. The molecular formula is C21H20FN3O4S2. The number of amides is 1. The van der Waals surface area contributed by atoms with E-state index in [-0.39, 0.29) is 32.0 Å². The third-order valence-corrected chi connectivity index (χ3v) is 7.92. The highest BCUT2D eigenvalue weighted by molar-refractivity contribution is 7.89. The zero-order chi connectivity index (χ0) is 22.0. The molecule has 162 valence electrons. The lowest BCUT2D eigenvalue weighted by Gasteiger charge is -2.26. The normalized spacial score (nSPS) is 15.0. The molecule has 10 heteroatoms. The number of ether oxygens (including phenoxy) is 1. The second-order valence-corrected chi connectivity index (χ2v) is 9.82. The van der Waals surface area contributed by atoms with E-state index < -0.39 is 26.6 Å². The van der Waals surface area contributed by atoms with Gasteiger partial charge in [-0.1, -0.05) is 30.3 Å². The first kappa shape index (κ1) is 21.6. The minimum Gasteiger partial charge on any atom is -0.379 e. The molecule has 1 amide bonds. The topological polar surface area (TPSA) is 88.6 Å². The average molecular weight is 462 g/mol. The zero-order valence-corrected chi connectivity index (χ0v) is 18.3. The maximum Gasteiger partial charge on any atom is 0.267 e. The number of aromatic nitrogens is 1. The first-order chi connectivity index (χ1) is 14.9. The van der Waals surface area contributed by atoms with Gasteiger partial charge in [0.25, 0.3) is 5.91 Å². The van der Waals surface area contributed by atoms with Crippen molar-refractivity contribution in [1.82, 2.24) is 9.29 Å². The standard InChI is InChI=1S/C21H20FN3O4S2/c1-14-19(30-21(23-14)15-5-3-2-4-6-15)20(26)24-16-7-8-17(22)18(13-16)31(27,28)25-9-11-29-12-10-25/h2-8,13H,9-12H2,1H3,(H,24,26).